The molecule has 0 atom stereocenters. The minimum absolute atomic E-state index is 0.199. The van der Waals surface area contributed by atoms with Crippen LogP contribution in [0.3, 0.4) is 0 Å². The molecule has 0 aromatic heterocycles. The van der Waals surface area contributed by atoms with Gasteiger partial charge in [0.1, 0.15) is 11.5 Å². The molecule has 0 aliphatic carbocycles. The molecule has 0 amide bonds. The van der Waals surface area contributed by atoms with E-state index in [0.29, 0.717) is 6.42 Å². The number of ether oxygens (including phenoxy) is 1. The molecule has 0 bridgehead atoms. The Balaban J connectivity index is 3.00. The molecule has 0 unspecified atom stereocenters. The van der Waals surface area contributed by atoms with Gasteiger partial charge in [-0.2, -0.15) is 0 Å². The van der Waals surface area contributed by atoms with Crippen molar-refractivity contribution >= 4 is 23.5 Å². The van der Waals surface area contributed by atoms with Gasteiger partial charge in [-0.05, 0) is 44.4 Å². The highest BCUT2D eigenvalue weighted by atomic mass is 35.5. The first-order valence-corrected chi connectivity index (χ1v) is 6.34. The van der Waals surface area contributed by atoms with Crippen LogP contribution in [-0.4, -0.2) is 12.9 Å². The summed E-state index contributed by atoms with van der Waals surface area (Å²) in [7, 11) is 1.65. The van der Waals surface area contributed by atoms with Gasteiger partial charge in [0.05, 0.1) is 7.11 Å². The molecule has 0 N–H and O–H groups in total. The maximum atomic E-state index is 10.9. The molecule has 0 saturated heterocycles. The molecule has 2 nitrogen and oxygen atoms in total. The van der Waals surface area contributed by atoms with Crippen molar-refractivity contribution in [1.29, 1.82) is 0 Å². The Morgan fingerprint density at radius 2 is 2.11 bits per heavy atom. The molecule has 1 aromatic rings. The van der Waals surface area contributed by atoms with Gasteiger partial charge in [-0.25, -0.2) is 0 Å². The predicted octanol–water partition coefficient (Wildman–Crippen LogP) is 4.35. The van der Waals surface area contributed by atoms with Crippen molar-refractivity contribution < 1.29 is 9.53 Å². The molecule has 0 fully saturated rings. The van der Waals surface area contributed by atoms with Crippen LogP contribution in [0.1, 0.15) is 36.5 Å². The summed E-state index contributed by atoms with van der Waals surface area (Å²) >= 11 is 6.23. The molecule has 98 valence electrons. The molecular weight excluding hydrogens is 248 g/mol. The van der Waals surface area contributed by atoms with Gasteiger partial charge < -0.3 is 9.53 Å². The van der Waals surface area contributed by atoms with Crippen LogP contribution in [0, 0.1) is 13.8 Å². The van der Waals surface area contributed by atoms with E-state index >= 15 is 0 Å². The smallest absolute Gasteiger partial charge is 0.130 e. The van der Waals surface area contributed by atoms with Crippen LogP contribution < -0.4 is 4.74 Å². The SMILES string of the molecule is COc1cc(C)c(Cl)c(C)c1/C=C/CCC(C)=O. The number of rotatable bonds is 5. The third kappa shape index (κ3) is 3.61. The molecule has 0 aliphatic rings. The van der Waals surface area contributed by atoms with Crippen molar-refractivity contribution in [3.63, 3.8) is 0 Å². The fourth-order valence-electron chi connectivity index (χ4n) is 1.80. The summed E-state index contributed by atoms with van der Waals surface area (Å²) in [5.74, 6) is 1.01. The highest BCUT2D eigenvalue weighted by Gasteiger charge is 2.10. The highest BCUT2D eigenvalue weighted by molar-refractivity contribution is 6.32. The Morgan fingerprint density at radius 1 is 1.44 bits per heavy atom. The van der Waals surface area contributed by atoms with E-state index in [9.17, 15) is 4.79 Å². The molecule has 18 heavy (non-hydrogen) atoms. The Hall–Kier alpha value is -1.28. The maximum Gasteiger partial charge on any atom is 0.130 e. The lowest BCUT2D eigenvalue weighted by atomic mass is 10.0. The number of halogens is 1. The lowest BCUT2D eigenvalue weighted by Crippen LogP contribution is -1.94. The van der Waals surface area contributed by atoms with E-state index in [0.717, 1.165) is 33.9 Å². The molecule has 1 aromatic carbocycles. The summed E-state index contributed by atoms with van der Waals surface area (Å²) < 4.78 is 5.36. The predicted molar refractivity (Wildman–Crippen MR) is 76.4 cm³/mol. The number of hydrogen-bond donors (Lipinski definition) is 0. The average Bonchev–Trinajstić information content (AvgIpc) is 2.33. The van der Waals surface area contributed by atoms with Gasteiger partial charge in [0.15, 0.2) is 0 Å². The third-order valence-corrected chi connectivity index (χ3v) is 3.44. The number of allylic oxidation sites excluding steroid dienone is 1. The number of hydrogen-bond acceptors (Lipinski definition) is 2. The van der Waals surface area contributed by atoms with E-state index in [4.69, 9.17) is 16.3 Å². The summed E-state index contributed by atoms with van der Waals surface area (Å²) in [6, 6.07) is 1.93. The second-order valence-corrected chi connectivity index (χ2v) is 4.77. The van der Waals surface area contributed by atoms with Crippen molar-refractivity contribution in [2.45, 2.75) is 33.6 Å². The van der Waals surface area contributed by atoms with Crippen LogP contribution in [0.2, 0.25) is 5.02 Å². The minimum atomic E-state index is 0.199. The monoisotopic (exact) mass is 266 g/mol. The molecule has 3 heteroatoms. The first kappa shape index (κ1) is 14.8. The average molecular weight is 267 g/mol. The van der Waals surface area contributed by atoms with Crippen molar-refractivity contribution in [1.82, 2.24) is 0 Å². The van der Waals surface area contributed by atoms with Gasteiger partial charge in [-0.15, -0.1) is 0 Å². The number of methoxy groups -OCH3 is 1. The number of benzene rings is 1. The topological polar surface area (TPSA) is 26.3 Å². The van der Waals surface area contributed by atoms with Gasteiger partial charge in [0.2, 0.25) is 0 Å². The van der Waals surface area contributed by atoms with Crippen LogP contribution in [0.25, 0.3) is 6.08 Å². The second kappa shape index (κ2) is 6.60. The number of ketones is 1. The summed E-state index contributed by atoms with van der Waals surface area (Å²) in [5.41, 5.74) is 3.00. The van der Waals surface area contributed by atoms with Gasteiger partial charge in [-0.3, -0.25) is 0 Å². The van der Waals surface area contributed by atoms with Gasteiger partial charge in [0, 0.05) is 17.0 Å². The summed E-state index contributed by atoms with van der Waals surface area (Å²) in [5, 5.41) is 0.766. The zero-order chi connectivity index (χ0) is 13.7. The van der Waals surface area contributed by atoms with Crippen LogP contribution in [0.4, 0.5) is 0 Å². The second-order valence-electron chi connectivity index (χ2n) is 4.39. The normalized spacial score (nSPS) is 10.9. The first-order valence-electron chi connectivity index (χ1n) is 5.97. The van der Waals surface area contributed by atoms with Crippen molar-refractivity contribution in [3.8, 4) is 5.75 Å². The van der Waals surface area contributed by atoms with E-state index < -0.39 is 0 Å². The lowest BCUT2D eigenvalue weighted by molar-refractivity contribution is -0.116. The summed E-state index contributed by atoms with van der Waals surface area (Å²) in [6.07, 6.45) is 5.27. The van der Waals surface area contributed by atoms with E-state index in [1.165, 1.54) is 0 Å². The third-order valence-electron chi connectivity index (χ3n) is 2.86. The molecule has 0 aliphatic heterocycles. The van der Waals surface area contributed by atoms with Crippen LogP contribution in [0.5, 0.6) is 5.75 Å². The molecule has 0 radical (unpaired) electrons. The maximum absolute atomic E-state index is 10.9. The lowest BCUT2D eigenvalue weighted by Gasteiger charge is -2.12. The molecule has 0 spiro atoms. The van der Waals surface area contributed by atoms with E-state index in [1.807, 2.05) is 32.1 Å². The number of Topliss-reactive ketones (excluding diaryl/α,β-unsaturated/α-hetero) is 1. The van der Waals surface area contributed by atoms with Gasteiger partial charge >= 0.3 is 0 Å². The number of carbonyl (C=O) groups excluding carboxylic acids is 1. The number of carbonyl (C=O) groups is 1. The molecule has 1 rings (SSSR count). The molecular formula is C15H19ClO2. The van der Waals surface area contributed by atoms with Crippen LogP contribution >= 0.6 is 11.6 Å². The fraction of sp³-hybridized carbons (Fsp3) is 0.400. The van der Waals surface area contributed by atoms with Gasteiger partial charge in [0.25, 0.3) is 0 Å². The first-order chi connectivity index (χ1) is 8.47. The Labute approximate surface area is 114 Å². The minimum Gasteiger partial charge on any atom is -0.496 e. The standard InChI is InChI=1S/C15H19ClO2/c1-10-9-14(18-4)13(12(3)15(10)16)8-6-5-7-11(2)17/h6,8-9H,5,7H2,1-4H3/b8-6+. The zero-order valence-corrected chi connectivity index (χ0v) is 12.1. The van der Waals surface area contributed by atoms with Gasteiger partial charge in [-0.1, -0.05) is 23.8 Å². The van der Waals surface area contributed by atoms with Crippen molar-refractivity contribution in [3.05, 3.63) is 33.9 Å². The molecule has 0 saturated carbocycles. The van der Waals surface area contributed by atoms with Crippen LogP contribution in [0.15, 0.2) is 12.1 Å². The van der Waals surface area contributed by atoms with Crippen LogP contribution in [-0.2, 0) is 4.79 Å². The van der Waals surface area contributed by atoms with Crippen molar-refractivity contribution in [2.24, 2.45) is 0 Å². The van der Waals surface area contributed by atoms with E-state index in [2.05, 4.69) is 0 Å². The Kier molecular flexibility index (Phi) is 5.42. The summed E-state index contributed by atoms with van der Waals surface area (Å²) in [4.78, 5) is 10.9. The largest absolute Gasteiger partial charge is 0.496 e. The van der Waals surface area contributed by atoms with E-state index in [-0.39, 0.29) is 5.78 Å². The molecule has 0 heterocycles. The Morgan fingerprint density at radius 3 is 2.67 bits per heavy atom. The zero-order valence-electron chi connectivity index (χ0n) is 11.3. The quantitative estimate of drug-likeness (QED) is 0.792. The fourth-order valence-corrected chi connectivity index (χ4v) is 1.96. The summed E-state index contributed by atoms with van der Waals surface area (Å²) in [6.45, 7) is 5.53. The van der Waals surface area contributed by atoms with E-state index in [1.54, 1.807) is 14.0 Å². The number of aryl methyl sites for hydroxylation is 1. The Bertz CT molecular complexity index is 476. The van der Waals surface area contributed by atoms with Crippen molar-refractivity contribution in [2.75, 3.05) is 7.11 Å². The highest BCUT2D eigenvalue weighted by Crippen LogP contribution is 2.32.